The van der Waals surface area contributed by atoms with E-state index in [9.17, 15) is 24.3 Å². The second-order valence-electron chi connectivity index (χ2n) is 11.0. The lowest BCUT2D eigenvalue weighted by Gasteiger charge is -2.27. The lowest BCUT2D eigenvalue weighted by atomic mass is 9.99. The molecule has 3 rings (SSSR count). The smallest absolute Gasteiger partial charge is 0.326 e. The first-order valence-corrected chi connectivity index (χ1v) is 14.5. The SMILES string of the molecule is CC(C)C(NC(=O)C(N)Cc1c[nH]c2ccccc12)C(=O)NC(Cc1ccccc1)C(=O)NC(CCCN=C(N)N)C(=O)O. The zero-order valence-corrected chi connectivity index (χ0v) is 25.0. The fourth-order valence-electron chi connectivity index (χ4n) is 4.78. The van der Waals surface area contributed by atoms with Gasteiger partial charge in [-0.05, 0) is 42.4 Å². The van der Waals surface area contributed by atoms with E-state index in [-0.39, 0.29) is 37.7 Å². The number of fused-ring (bicyclic) bond motifs is 1. The number of carboxylic acids is 1. The van der Waals surface area contributed by atoms with E-state index in [4.69, 9.17) is 17.2 Å². The third-order valence-corrected chi connectivity index (χ3v) is 7.17. The van der Waals surface area contributed by atoms with Gasteiger partial charge in [-0.15, -0.1) is 0 Å². The highest BCUT2D eigenvalue weighted by molar-refractivity contribution is 5.94. The maximum atomic E-state index is 13.5. The van der Waals surface area contributed by atoms with E-state index in [2.05, 4.69) is 25.9 Å². The average Bonchev–Trinajstić information content (AvgIpc) is 3.39. The Kier molecular flexibility index (Phi) is 12.3. The number of carbonyl (C=O) groups excluding carboxylic acids is 3. The molecule has 0 fully saturated rings. The van der Waals surface area contributed by atoms with Crippen LogP contribution in [0.25, 0.3) is 10.9 Å². The molecule has 3 amide bonds. The van der Waals surface area contributed by atoms with Crippen molar-refractivity contribution in [1.29, 1.82) is 0 Å². The monoisotopic (exact) mass is 606 g/mol. The van der Waals surface area contributed by atoms with Crippen molar-refractivity contribution < 1.29 is 24.3 Å². The minimum Gasteiger partial charge on any atom is -0.480 e. The Bertz CT molecular complexity index is 1450. The summed E-state index contributed by atoms with van der Waals surface area (Å²) in [6.07, 6.45) is 2.54. The normalized spacial score (nSPS) is 13.8. The van der Waals surface area contributed by atoms with Crippen molar-refractivity contribution >= 4 is 40.6 Å². The summed E-state index contributed by atoms with van der Waals surface area (Å²) in [5, 5.41) is 18.6. The van der Waals surface area contributed by atoms with Crippen molar-refractivity contribution in [3.63, 3.8) is 0 Å². The number of carboxylic acid groups (broad SMARTS) is 1. The van der Waals surface area contributed by atoms with Crippen LogP contribution in [0.3, 0.4) is 0 Å². The first-order chi connectivity index (χ1) is 21.0. The number of rotatable bonds is 16. The Labute approximate surface area is 256 Å². The van der Waals surface area contributed by atoms with Crippen LogP contribution in [-0.4, -0.2) is 70.5 Å². The van der Waals surface area contributed by atoms with Gasteiger partial charge in [-0.2, -0.15) is 0 Å². The Hall–Kier alpha value is -4.91. The van der Waals surface area contributed by atoms with Crippen LogP contribution >= 0.6 is 0 Å². The van der Waals surface area contributed by atoms with Gasteiger partial charge in [0.25, 0.3) is 0 Å². The number of nitrogens with zero attached hydrogens (tertiary/aromatic N) is 1. The number of aromatic nitrogens is 1. The first kappa shape index (κ1) is 33.6. The molecule has 3 aromatic rings. The van der Waals surface area contributed by atoms with Gasteiger partial charge in [0.1, 0.15) is 18.1 Å². The highest BCUT2D eigenvalue weighted by Crippen LogP contribution is 2.19. The Morgan fingerprint density at radius 1 is 0.864 bits per heavy atom. The topological polar surface area (TPSA) is 231 Å². The molecule has 0 radical (unpaired) electrons. The zero-order chi connectivity index (χ0) is 32.2. The molecule has 0 saturated heterocycles. The van der Waals surface area contributed by atoms with Gasteiger partial charge in [0.05, 0.1) is 6.04 Å². The third kappa shape index (κ3) is 9.83. The number of aromatic amines is 1. The lowest BCUT2D eigenvalue weighted by molar-refractivity contribution is -0.142. The van der Waals surface area contributed by atoms with Gasteiger partial charge in [0, 0.05) is 30.1 Å². The molecule has 2 aromatic carbocycles. The van der Waals surface area contributed by atoms with Gasteiger partial charge in [-0.3, -0.25) is 19.4 Å². The predicted octanol–water partition coefficient (Wildman–Crippen LogP) is 0.529. The summed E-state index contributed by atoms with van der Waals surface area (Å²) in [4.78, 5) is 58.9. The molecule has 13 nitrogen and oxygen atoms in total. The van der Waals surface area contributed by atoms with Crippen molar-refractivity contribution in [2.75, 3.05) is 6.54 Å². The summed E-state index contributed by atoms with van der Waals surface area (Å²) in [6, 6.07) is 12.4. The predicted molar refractivity (Wildman–Crippen MR) is 168 cm³/mol. The Morgan fingerprint density at radius 3 is 2.18 bits per heavy atom. The number of hydrogen-bond donors (Lipinski definition) is 8. The van der Waals surface area contributed by atoms with Crippen molar-refractivity contribution in [2.24, 2.45) is 28.1 Å². The van der Waals surface area contributed by atoms with Gasteiger partial charge < -0.3 is 43.2 Å². The molecule has 4 unspecified atom stereocenters. The average molecular weight is 607 g/mol. The molecule has 1 heterocycles. The van der Waals surface area contributed by atoms with Crippen LogP contribution in [0, 0.1) is 5.92 Å². The largest absolute Gasteiger partial charge is 0.480 e. The van der Waals surface area contributed by atoms with Crippen molar-refractivity contribution in [2.45, 2.75) is 63.7 Å². The Morgan fingerprint density at radius 2 is 1.52 bits per heavy atom. The number of benzene rings is 2. The van der Waals surface area contributed by atoms with Gasteiger partial charge in [-0.1, -0.05) is 62.4 Å². The van der Waals surface area contributed by atoms with Crippen LogP contribution in [0.1, 0.15) is 37.8 Å². The quantitative estimate of drug-likeness (QED) is 0.0649. The molecule has 44 heavy (non-hydrogen) atoms. The second-order valence-corrected chi connectivity index (χ2v) is 11.0. The van der Waals surface area contributed by atoms with E-state index in [1.165, 1.54) is 0 Å². The molecule has 236 valence electrons. The number of nitrogens with one attached hydrogen (secondary N) is 4. The second kappa shape index (κ2) is 16.1. The molecule has 0 aliphatic rings. The molecule has 0 bridgehead atoms. The van der Waals surface area contributed by atoms with Crippen molar-refractivity contribution in [3.05, 3.63) is 71.9 Å². The molecular weight excluding hydrogens is 564 g/mol. The van der Waals surface area contributed by atoms with E-state index in [1.54, 1.807) is 38.1 Å². The molecular formula is C31H42N8O5. The standard InChI is InChI=1S/C31H42N8O5/c1-18(2)26(39-27(40)22(32)16-20-17-36-23-12-7-6-11-21(20)23)29(42)38-25(15-19-9-4-3-5-10-19)28(41)37-24(30(43)44)13-8-14-35-31(33)34/h3-7,9-12,17-18,22,24-26,36H,8,13-16,32H2,1-2H3,(H,37,41)(H,38,42)(H,39,40)(H,43,44)(H4,33,34,35). The van der Waals surface area contributed by atoms with Crippen molar-refractivity contribution in [1.82, 2.24) is 20.9 Å². The lowest BCUT2D eigenvalue weighted by Crippen LogP contribution is -2.59. The van der Waals surface area contributed by atoms with E-state index < -0.39 is 47.9 Å². The zero-order valence-electron chi connectivity index (χ0n) is 25.0. The summed E-state index contributed by atoms with van der Waals surface area (Å²) in [5.74, 6) is -3.48. The number of aliphatic carboxylic acids is 1. The summed E-state index contributed by atoms with van der Waals surface area (Å²) >= 11 is 0. The van der Waals surface area contributed by atoms with E-state index in [0.29, 0.717) is 6.42 Å². The highest BCUT2D eigenvalue weighted by atomic mass is 16.4. The molecule has 0 spiro atoms. The fraction of sp³-hybridized carbons (Fsp3) is 0.387. The summed E-state index contributed by atoms with van der Waals surface area (Å²) < 4.78 is 0. The van der Waals surface area contributed by atoms with Gasteiger partial charge in [0.15, 0.2) is 5.96 Å². The van der Waals surface area contributed by atoms with Crippen LogP contribution in [0.5, 0.6) is 0 Å². The first-order valence-electron chi connectivity index (χ1n) is 14.5. The number of carbonyl (C=O) groups is 4. The third-order valence-electron chi connectivity index (χ3n) is 7.17. The number of aliphatic imine (C=N–C) groups is 1. The van der Waals surface area contributed by atoms with Crippen molar-refractivity contribution in [3.8, 4) is 0 Å². The molecule has 0 aliphatic carbocycles. The summed E-state index contributed by atoms with van der Waals surface area (Å²) in [7, 11) is 0. The maximum Gasteiger partial charge on any atom is 0.326 e. The number of guanidine groups is 1. The van der Waals surface area contributed by atoms with Crippen LogP contribution in [0.15, 0.2) is 65.8 Å². The molecule has 4 atom stereocenters. The molecule has 1 aromatic heterocycles. The summed E-state index contributed by atoms with van der Waals surface area (Å²) in [5.41, 5.74) is 19.4. The van der Waals surface area contributed by atoms with Crippen LogP contribution in [0.4, 0.5) is 0 Å². The van der Waals surface area contributed by atoms with Crippen LogP contribution in [-0.2, 0) is 32.0 Å². The van der Waals surface area contributed by atoms with Gasteiger partial charge in [0.2, 0.25) is 17.7 Å². The summed E-state index contributed by atoms with van der Waals surface area (Å²) in [6.45, 7) is 3.72. The minimum atomic E-state index is -1.23. The van der Waals surface area contributed by atoms with Gasteiger partial charge in [-0.25, -0.2) is 4.79 Å². The molecule has 0 saturated carbocycles. The number of amides is 3. The highest BCUT2D eigenvalue weighted by Gasteiger charge is 2.32. The Balaban J connectivity index is 1.71. The number of para-hydroxylation sites is 1. The molecule has 11 N–H and O–H groups in total. The van der Waals surface area contributed by atoms with E-state index in [1.807, 2.05) is 36.5 Å². The van der Waals surface area contributed by atoms with Crippen LogP contribution in [0.2, 0.25) is 0 Å². The van der Waals surface area contributed by atoms with E-state index >= 15 is 0 Å². The molecule has 13 heteroatoms. The molecule has 0 aliphatic heterocycles. The number of nitrogens with two attached hydrogens (primary N) is 3. The fourth-order valence-corrected chi connectivity index (χ4v) is 4.78. The van der Waals surface area contributed by atoms with Gasteiger partial charge >= 0.3 is 5.97 Å². The minimum absolute atomic E-state index is 0.0723. The van der Waals surface area contributed by atoms with E-state index in [0.717, 1.165) is 22.0 Å². The number of H-pyrrole nitrogens is 1. The van der Waals surface area contributed by atoms with Crippen LogP contribution < -0.4 is 33.2 Å². The maximum absolute atomic E-state index is 13.5. The number of hydrogen-bond acceptors (Lipinski definition) is 6.